The molecule has 0 radical (unpaired) electrons. The maximum absolute atomic E-state index is 12.5. The van der Waals surface area contributed by atoms with Gasteiger partial charge in [0.05, 0.1) is 5.56 Å². The molecule has 0 fully saturated rings. The lowest BCUT2D eigenvalue weighted by atomic mass is 10.2. The van der Waals surface area contributed by atoms with Gasteiger partial charge < -0.3 is 4.90 Å². The minimum Gasteiger partial charge on any atom is -0.335 e. The molecule has 1 amide bonds. The highest BCUT2D eigenvalue weighted by atomic mass is 79.9. The molecular weight excluding hydrogens is 340 g/mol. The number of halogens is 2. The van der Waals surface area contributed by atoms with Crippen molar-refractivity contribution in [1.29, 1.82) is 0 Å². The Morgan fingerprint density at radius 2 is 2.05 bits per heavy atom. The van der Waals surface area contributed by atoms with Crippen molar-refractivity contribution in [2.75, 3.05) is 6.54 Å². The zero-order chi connectivity index (χ0) is 14.5. The van der Waals surface area contributed by atoms with E-state index < -0.39 is 0 Å². The van der Waals surface area contributed by atoms with E-state index in [-0.39, 0.29) is 11.1 Å². The van der Waals surface area contributed by atoms with Crippen LogP contribution in [0.5, 0.6) is 0 Å². The molecule has 0 saturated heterocycles. The minimum absolute atomic E-state index is 0.116. The molecule has 1 heterocycles. The Labute approximate surface area is 131 Å². The number of hydrogen-bond acceptors (Lipinski definition) is 2. The lowest BCUT2D eigenvalue weighted by Gasteiger charge is -2.21. The Balaban J connectivity index is 2.23. The quantitative estimate of drug-likeness (QED) is 0.773. The topological polar surface area (TPSA) is 33.2 Å². The van der Waals surface area contributed by atoms with Crippen LogP contribution in [0.3, 0.4) is 0 Å². The highest BCUT2D eigenvalue weighted by Crippen LogP contribution is 2.20. The fraction of sp³-hybridized carbons (Fsp3) is 0.200. The highest BCUT2D eigenvalue weighted by molar-refractivity contribution is 9.10. The fourth-order valence-corrected chi connectivity index (χ4v) is 2.39. The van der Waals surface area contributed by atoms with Gasteiger partial charge in [0.25, 0.3) is 5.91 Å². The fourth-order valence-electron chi connectivity index (χ4n) is 1.87. The second-order valence-corrected chi connectivity index (χ2v) is 5.57. The van der Waals surface area contributed by atoms with E-state index in [4.69, 9.17) is 11.6 Å². The summed E-state index contributed by atoms with van der Waals surface area (Å²) < 4.78 is 0.737. The van der Waals surface area contributed by atoms with Crippen LogP contribution in [0.25, 0.3) is 0 Å². The maximum Gasteiger partial charge on any atom is 0.257 e. The van der Waals surface area contributed by atoms with Gasteiger partial charge in [0.1, 0.15) is 5.15 Å². The molecule has 0 bridgehead atoms. The van der Waals surface area contributed by atoms with Crippen molar-refractivity contribution in [3.05, 3.63) is 63.3 Å². The first-order valence-electron chi connectivity index (χ1n) is 6.26. The molecule has 0 aliphatic carbocycles. The summed E-state index contributed by atoms with van der Waals surface area (Å²) in [6.07, 6.45) is 1.58. The molecular formula is C15H14BrClN2O. The van der Waals surface area contributed by atoms with E-state index in [0.717, 1.165) is 10.0 Å². The van der Waals surface area contributed by atoms with Crippen molar-refractivity contribution in [2.24, 2.45) is 0 Å². The van der Waals surface area contributed by atoms with Gasteiger partial charge in [0.15, 0.2) is 0 Å². The molecule has 0 saturated carbocycles. The summed E-state index contributed by atoms with van der Waals surface area (Å²) in [5, 5.41) is 0.227. The third-order valence-corrected chi connectivity index (χ3v) is 3.66. The predicted octanol–water partition coefficient (Wildman–Crippen LogP) is 4.16. The predicted molar refractivity (Wildman–Crippen MR) is 83.8 cm³/mol. The highest BCUT2D eigenvalue weighted by Gasteiger charge is 2.18. The van der Waals surface area contributed by atoms with Crippen molar-refractivity contribution in [3.8, 4) is 0 Å². The van der Waals surface area contributed by atoms with Gasteiger partial charge in [-0.05, 0) is 34.5 Å². The zero-order valence-electron chi connectivity index (χ0n) is 11.0. The van der Waals surface area contributed by atoms with E-state index in [1.165, 1.54) is 0 Å². The van der Waals surface area contributed by atoms with E-state index in [1.54, 1.807) is 17.2 Å². The van der Waals surface area contributed by atoms with Gasteiger partial charge in [-0.15, -0.1) is 0 Å². The second-order valence-electron chi connectivity index (χ2n) is 4.30. The van der Waals surface area contributed by atoms with E-state index in [2.05, 4.69) is 20.9 Å². The smallest absolute Gasteiger partial charge is 0.257 e. The van der Waals surface area contributed by atoms with Crippen LogP contribution in [-0.4, -0.2) is 22.3 Å². The van der Waals surface area contributed by atoms with Gasteiger partial charge in [0.2, 0.25) is 0 Å². The molecule has 0 aliphatic heterocycles. The van der Waals surface area contributed by atoms with Crippen LogP contribution in [0.15, 0.2) is 47.1 Å². The lowest BCUT2D eigenvalue weighted by Crippen LogP contribution is -2.30. The second kappa shape index (κ2) is 6.86. The van der Waals surface area contributed by atoms with Gasteiger partial charge in [-0.25, -0.2) is 4.98 Å². The summed E-state index contributed by atoms with van der Waals surface area (Å²) in [5.41, 5.74) is 1.50. The number of pyridine rings is 1. The molecule has 1 aromatic heterocycles. The van der Waals surface area contributed by atoms with Crippen molar-refractivity contribution >= 4 is 33.4 Å². The van der Waals surface area contributed by atoms with Gasteiger partial charge in [0, 0.05) is 23.8 Å². The number of aromatic nitrogens is 1. The van der Waals surface area contributed by atoms with E-state index in [9.17, 15) is 4.79 Å². The van der Waals surface area contributed by atoms with Crippen molar-refractivity contribution in [3.63, 3.8) is 0 Å². The summed E-state index contributed by atoms with van der Waals surface area (Å²) in [7, 11) is 0. The molecule has 20 heavy (non-hydrogen) atoms. The Bertz CT molecular complexity index is 604. The van der Waals surface area contributed by atoms with Crippen LogP contribution in [0.2, 0.25) is 5.15 Å². The number of carbonyl (C=O) groups is 1. The van der Waals surface area contributed by atoms with Crippen LogP contribution >= 0.6 is 27.5 Å². The Kier molecular flexibility index (Phi) is 5.15. The SMILES string of the molecule is CCN(Cc1ccccc1)C(=O)c1cc(Br)cnc1Cl. The van der Waals surface area contributed by atoms with Gasteiger partial charge in [-0.3, -0.25) is 4.79 Å². The average molecular weight is 354 g/mol. The molecule has 0 aliphatic rings. The standard InChI is InChI=1S/C15H14BrClN2O/c1-2-19(10-11-6-4-3-5-7-11)15(20)13-8-12(16)9-18-14(13)17/h3-9H,2,10H2,1H3. The summed E-state index contributed by atoms with van der Waals surface area (Å²) >= 11 is 9.33. The molecule has 5 heteroatoms. The monoisotopic (exact) mass is 352 g/mol. The number of benzene rings is 1. The van der Waals surface area contributed by atoms with E-state index in [1.807, 2.05) is 37.3 Å². The summed E-state index contributed by atoms with van der Waals surface area (Å²) in [5.74, 6) is -0.116. The molecule has 0 spiro atoms. The average Bonchev–Trinajstić information content (AvgIpc) is 2.47. The molecule has 1 aromatic carbocycles. The van der Waals surface area contributed by atoms with Crippen molar-refractivity contribution in [2.45, 2.75) is 13.5 Å². The number of nitrogens with zero attached hydrogens (tertiary/aromatic N) is 2. The first-order valence-corrected chi connectivity index (χ1v) is 7.43. The lowest BCUT2D eigenvalue weighted by molar-refractivity contribution is 0.0752. The Morgan fingerprint density at radius 3 is 2.70 bits per heavy atom. The van der Waals surface area contributed by atoms with Crippen LogP contribution in [0.4, 0.5) is 0 Å². The Hall–Kier alpha value is -1.39. The first kappa shape index (κ1) is 15.0. The van der Waals surface area contributed by atoms with E-state index in [0.29, 0.717) is 18.7 Å². The van der Waals surface area contributed by atoms with Crippen molar-refractivity contribution < 1.29 is 4.79 Å². The molecule has 2 aromatic rings. The normalized spacial score (nSPS) is 10.3. The maximum atomic E-state index is 12.5. The number of amides is 1. The van der Waals surface area contributed by atoms with E-state index >= 15 is 0 Å². The summed E-state index contributed by atoms with van der Waals surface area (Å²) in [6.45, 7) is 3.11. The van der Waals surface area contributed by atoms with Crippen LogP contribution in [0, 0.1) is 0 Å². The Morgan fingerprint density at radius 1 is 1.35 bits per heavy atom. The van der Waals surface area contributed by atoms with Crippen LogP contribution in [-0.2, 0) is 6.54 Å². The molecule has 3 nitrogen and oxygen atoms in total. The third-order valence-electron chi connectivity index (χ3n) is 2.92. The largest absolute Gasteiger partial charge is 0.335 e. The summed E-state index contributed by atoms with van der Waals surface area (Å²) in [4.78, 5) is 18.3. The van der Waals surface area contributed by atoms with Gasteiger partial charge in [-0.2, -0.15) is 0 Å². The number of carbonyl (C=O) groups excluding carboxylic acids is 1. The molecule has 0 atom stereocenters. The molecule has 0 unspecified atom stereocenters. The van der Waals surface area contributed by atoms with Crippen molar-refractivity contribution in [1.82, 2.24) is 9.88 Å². The molecule has 2 rings (SSSR count). The van der Waals surface area contributed by atoms with Gasteiger partial charge >= 0.3 is 0 Å². The van der Waals surface area contributed by atoms with Gasteiger partial charge in [-0.1, -0.05) is 41.9 Å². The third kappa shape index (κ3) is 3.58. The molecule has 0 N–H and O–H groups in total. The number of rotatable bonds is 4. The minimum atomic E-state index is -0.116. The zero-order valence-corrected chi connectivity index (χ0v) is 13.4. The first-order chi connectivity index (χ1) is 9.61. The summed E-state index contributed by atoms with van der Waals surface area (Å²) in [6, 6.07) is 11.6. The van der Waals surface area contributed by atoms with Crippen LogP contribution < -0.4 is 0 Å². The van der Waals surface area contributed by atoms with Crippen LogP contribution in [0.1, 0.15) is 22.8 Å². The molecule has 104 valence electrons. The number of hydrogen-bond donors (Lipinski definition) is 0.